The first kappa shape index (κ1) is 14.7. The molecule has 106 valence electrons. The first-order valence-electron chi connectivity index (χ1n) is 7.77. The van der Waals surface area contributed by atoms with E-state index in [1.54, 1.807) is 0 Å². The van der Waals surface area contributed by atoms with Crippen LogP contribution >= 0.6 is 11.8 Å². The predicted octanol–water partition coefficient (Wildman–Crippen LogP) is 2.84. The molecule has 1 aliphatic heterocycles. The zero-order valence-corrected chi connectivity index (χ0v) is 13.1. The lowest BCUT2D eigenvalue weighted by molar-refractivity contribution is 0.0639. The molecule has 2 aliphatic rings. The van der Waals surface area contributed by atoms with E-state index >= 15 is 0 Å². The number of nitrogens with zero attached hydrogens (tertiary/aromatic N) is 1. The van der Waals surface area contributed by atoms with Crippen LogP contribution in [-0.4, -0.2) is 48.1 Å². The Morgan fingerprint density at radius 3 is 2.78 bits per heavy atom. The lowest BCUT2D eigenvalue weighted by Crippen LogP contribution is -2.54. The molecule has 1 heterocycles. The van der Waals surface area contributed by atoms with Gasteiger partial charge >= 0.3 is 0 Å². The summed E-state index contributed by atoms with van der Waals surface area (Å²) >= 11 is 2.18. The van der Waals surface area contributed by atoms with E-state index < -0.39 is 0 Å². The van der Waals surface area contributed by atoms with Crippen LogP contribution in [0, 0.1) is 11.8 Å². The van der Waals surface area contributed by atoms with E-state index in [4.69, 9.17) is 0 Å². The normalized spacial score (nSPS) is 33.7. The van der Waals surface area contributed by atoms with Crippen molar-refractivity contribution in [2.45, 2.75) is 51.3 Å². The zero-order valence-electron chi connectivity index (χ0n) is 12.3. The molecule has 1 saturated carbocycles. The van der Waals surface area contributed by atoms with Crippen molar-refractivity contribution in [2.75, 3.05) is 31.9 Å². The highest BCUT2D eigenvalue weighted by atomic mass is 32.2. The van der Waals surface area contributed by atoms with Gasteiger partial charge in [0.15, 0.2) is 0 Å². The van der Waals surface area contributed by atoms with Crippen molar-refractivity contribution in [3.63, 3.8) is 0 Å². The smallest absolute Gasteiger partial charge is 0.0172 e. The molecular weight excluding hydrogens is 240 g/mol. The minimum absolute atomic E-state index is 0.777. The average Bonchev–Trinajstić information content (AvgIpc) is 2.33. The topological polar surface area (TPSA) is 15.3 Å². The van der Waals surface area contributed by atoms with Crippen LogP contribution in [0.15, 0.2) is 0 Å². The second-order valence-corrected chi connectivity index (χ2v) is 7.76. The standard InChI is InChI=1S/C15H30N2S/c1-4-14-11-17(7-8-18-14)15-6-5-13(15)10-16-9-12(2)3/h12-16H,4-11H2,1-3H3. The molecule has 0 amide bonds. The van der Waals surface area contributed by atoms with Crippen LogP contribution in [0.25, 0.3) is 0 Å². The molecule has 0 bridgehead atoms. The Balaban J connectivity index is 1.72. The van der Waals surface area contributed by atoms with E-state index in [-0.39, 0.29) is 0 Å². The molecule has 2 rings (SSSR count). The van der Waals surface area contributed by atoms with Crippen molar-refractivity contribution in [3.8, 4) is 0 Å². The fourth-order valence-corrected chi connectivity index (χ4v) is 4.32. The van der Waals surface area contributed by atoms with Crippen molar-refractivity contribution >= 4 is 11.8 Å². The second kappa shape index (κ2) is 7.16. The van der Waals surface area contributed by atoms with Crippen LogP contribution in [0.1, 0.15) is 40.0 Å². The predicted molar refractivity (Wildman–Crippen MR) is 82.3 cm³/mol. The fraction of sp³-hybridized carbons (Fsp3) is 1.00. The SMILES string of the molecule is CCC1CN(C2CCC2CNCC(C)C)CCS1. The van der Waals surface area contributed by atoms with E-state index in [1.807, 2.05) is 0 Å². The lowest BCUT2D eigenvalue weighted by atomic mass is 9.78. The van der Waals surface area contributed by atoms with Crippen molar-refractivity contribution in [1.29, 1.82) is 0 Å². The van der Waals surface area contributed by atoms with Gasteiger partial charge in [-0.3, -0.25) is 4.90 Å². The van der Waals surface area contributed by atoms with E-state index in [2.05, 4.69) is 42.7 Å². The highest BCUT2D eigenvalue weighted by Crippen LogP contribution is 2.34. The second-order valence-electron chi connectivity index (χ2n) is 6.35. The van der Waals surface area contributed by atoms with Gasteiger partial charge in [-0.25, -0.2) is 0 Å². The maximum Gasteiger partial charge on any atom is 0.0172 e. The van der Waals surface area contributed by atoms with E-state index in [0.29, 0.717) is 0 Å². The average molecular weight is 270 g/mol. The van der Waals surface area contributed by atoms with Crippen LogP contribution < -0.4 is 5.32 Å². The largest absolute Gasteiger partial charge is 0.316 e. The molecule has 0 aromatic rings. The molecule has 3 heteroatoms. The maximum absolute atomic E-state index is 3.65. The Hall–Kier alpha value is 0.270. The molecule has 1 aliphatic carbocycles. The van der Waals surface area contributed by atoms with Crippen molar-refractivity contribution in [2.24, 2.45) is 11.8 Å². The van der Waals surface area contributed by atoms with Gasteiger partial charge < -0.3 is 5.32 Å². The third kappa shape index (κ3) is 3.88. The molecule has 0 aromatic heterocycles. The fourth-order valence-electron chi connectivity index (χ4n) is 3.12. The summed E-state index contributed by atoms with van der Waals surface area (Å²) in [6.45, 7) is 12.0. The van der Waals surface area contributed by atoms with Gasteiger partial charge in [0.1, 0.15) is 0 Å². The molecular formula is C15H30N2S. The summed E-state index contributed by atoms with van der Waals surface area (Å²) < 4.78 is 0. The summed E-state index contributed by atoms with van der Waals surface area (Å²) in [4.78, 5) is 2.79. The van der Waals surface area contributed by atoms with Crippen LogP contribution in [-0.2, 0) is 0 Å². The Morgan fingerprint density at radius 1 is 1.33 bits per heavy atom. The summed E-state index contributed by atoms with van der Waals surface area (Å²) in [5.41, 5.74) is 0. The highest BCUT2D eigenvalue weighted by Gasteiger charge is 2.36. The molecule has 3 unspecified atom stereocenters. The highest BCUT2D eigenvalue weighted by molar-refractivity contribution is 8.00. The number of hydrogen-bond donors (Lipinski definition) is 1. The monoisotopic (exact) mass is 270 g/mol. The van der Waals surface area contributed by atoms with Crippen LogP contribution in [0.4, 0.5) is 0 Å². The lowest BCUT2D eigenvalue weighted by Gasteiger charge is -2.47. The quantitative estimate of drug-likeness (QED) is 0.799. The molecule has 0 spiro atoms. The molecule has 0 radical (unpaired) electrons. The molecule has 2 nitrogen and oxygen atoms in total. The summed E-state index contributed by atoms with van der Waals surface area (Å²) in [6, 6.07) is 0.889. The number of thioether (sulfide) groups is 1. The molecule has 18 heavy (non-hydrogen) atoms. The third-order valence-corrected chi connectivity index (χ3v) is 5.80. The van der Waals surface area contributed by atoms with Crippen LogP contribution in [0.5, 0.6) is 0 Å². The van der Waals surface area contributed by atoms with Gasteiger partial charge in [0.25, 0.3) is 0 Å². The summed E-state index contributed by atoms with van der Waals surface area (Å²) in [7, 11) is 0. The summed E-state index contributed by atoms with van der Waals surface area (Å²) in [5, 5.41) is 4.54. The number of rotatable bonds is 6. The Labute approximate surface area is 117 Å². The van der Waals surface area contributed by atoms with Crippen molar-refractivity contribution in [1.82, 2.24) is 10.2 Å². The summed E-state index contributed by atoms with van der Waals surface area (Å²) in [5.74, 6) is 3.05. The zero-order chi connectivity index (χ0) is 13.0. The van der Waals surface area contributed by atoms with Gasteiger partial charge in [-0.1, -0.05) is 20.8 Å². The van der Waals surface area contributed by atoms with Gasteiger partial charge in [-0.15, -0.1) is 0 Å². The Kier molecular flexibility index (Phi) is 5.84. The number of nitrogens with one attached hydrogen (secondary N) is 1. The Bertz CT molecular complexity index is 245. The molecule has 1 N–H and O–H groups in total. The van der Waals surface area contributed by atoms with Gasteiger partial charge in [0, 0.05) is 30.1 Å². The molecule has 3 atom stereocenters. The van der Waals surface area contributed by atoms with Gasteiger partial charge in [0.2, 0.25) is 0 Å². The molecule has 1 saturated heterocycles. The minimum atomic E-state index is 0.777. The van der Waals surface area contributed by atoms with Crippen molar-refractivity contribution in [3.05, 3.63) is 0 Å². The number of hydrogen-bond acceptors (Lipinski definition) is 3. The van der Waals surface area contributed by atoms with E-state index in [0.717, 1.165) is 23.1 Å². The molecule has 2 fully saturated rings. The van der Waals surface area contributed by atoms with Crippen LogP contribution in [0.2, 0.25) is 0 Å². The van der Waals surface area contributed by atoms with E-state index in [1.165, 1.54) is 51.2 Å². The van der Waals surface area contributed by atoms with Gasteiger partial charge in [-0.05, 0) is 44.2 Å². The first-order valence-corrected chi connectivity index (χ1v) is 8.82. The van der Waals surface area contributed by atoms with Crippen molar-refractivity contribution < 1.29 is 0 Å². The Morgan fingerprint density at radius 2 is 2.17 bits per heavy atom. The molecule has 0 aromatic carbocycles. The maximum atomic E-state index is 3.65. The van der Waals surface area contributed by atoms with E-state index in [9.17, 15) is 0 Å². The van der Waals surface area contributed by atoms with Crippen LogP contribution in [0.3, 0.4) is 0 Å². The van der Waals surface area contributed by atoms with Gasteiger partial charge in [0.05, 0.1) is 0 Å². The summed E-state index contributed by atoms with van der Waals surface area (Å²) in [6.07, 6.45) is 4.22. The minimum Gasteiger partial charge on any atom is -0.316 e. The third-order valence-electron chi connectivity index (χ3n) is 4.43. The first-order chi connectivity index (χ1) is 8.70. The van der Waals surface area contributed by atoms with Gasteiger partial charge in [-0.2, -0.15) is 11.8 Å².